The molecule has 1 aromatic carbocycles. The Morgan fingerprint density at radius 3 is 2.94 bits per heavy atom. The van der Waals surface area contributed by atoms with Crippen LogP contribution in [0.25, 0.3) is 0 Å². The van der Waals surface area contributed by atoms with E-state index in [1.165, 1.54) is 10.5 Å². The van der Waals surface area contributed by atoms with E-state index in [1.54, 1.807) is 0 Å². The van der Waals surface area contributed by atoms with Crippen molar-refractivity contribution in [1.29, 1.82) is 0 Å². The summed E-state index contributed by atoms with van der Waals surface area (Å²) < 4.78 is 2.07. The predicted molar refractivity (Wildman–Crippen MR) is 76.7 cm³/mol. The molecule has 4 heteroatoms. The fraction of sp³-hybridized carbons (Fsp3) is 0.357. The molecule has 0 amide bonds. The third-order valence-corrected chi connectivity index (χ3v) is 3.89. The Morgan fingerprint density at radius 2 is 2.28 bits per heavy atom. The van der Waals surface area contributed by atoms with Crippen molar-refractivity contribution in [2.75, 3.05) is 5.75 Å². The first-order valence-electron chi connectivity index (χ1n) is 6.11. The van der Waals surface area contributed by atoms with Crippen molar-refractivity contribution < 1.29 is 0 Å². The van der Waals surface area contributed by atoms with Crippen LogP contribution in [-0.4, -0.2) is 15.3 Å². The van der Waals surface area contributed by atoms with E-state index in [0.717, 1.165) is 18.0 Å². The Hall–Kier alpha value is -1.26. The van der Waals surface area contributed by atoms with Gasteiger partial charge in [0.2, 0.25) is 0 Å². The Morgan fingerprint density at radius 1 is 1.44 bits per heavy atom. The van der Waals surface area contributed by atoms with Crippen LogP contribution in [0.2, 0.25) is 0 Å². The monoisotopic (exact) mass is 261 g/mol. The summed E-state index contributed by atoms with van der Waals surface area (Å²) in [4.78, 5) is 5.60. The average Bonchev–Trinajstić information content (AvgIpc) is 2.76. The van der Waals surface area contributed by atoms with Crippen molar-refractivity contribution in [3.8, 4) is 0 Å². The summed E-state index contributed by atoms with van der Waals surface area (Å²) >= 11 is 1.85. The van der Waals surface area contributed by atoms with Crippen molar-refractivity contribution in [2.24, 2.45) is 12.8 Å². The lowest BCUT2D eigenvalue weighted by atomic mass is 10.1. The first-order chi connectivity index (χ1) is 8.66. The molecule has 3 nitrogen and oxygen atoms in total. The molecule has 18 heavy (non-hydrogen) atoms. The highest BCUT2D eigenvalue weighted by atomic mass is 32.2. The van der Waals surface area contributed by atoms with Crippen LogP contribution in [0.15, 0.2) is 41.6 Å². The number of hydrogen-bond donors (Lipinski definition) is 1. The molecule has 0 aliphatic carbocycles. The fourth-order valence-electron chi connectivity index (χ4n) is 1.79. The molecule has 0 saturated carbocycles. The molecule has 96 valence electrons. The van der Waals surface area contributed by atoms with Crippen molar-refractivity contribution in [1.82, 2.24) is 9.55 Å². The second kappa shape index (κ2) is 6.07. The maximum absolute atomic E-state index is 5.89. The van der Waals surface area contributed by atoms with Gasteiger partial charge in [0, 0.05) is 42.6 Å². The number of rotatable bonds is 5. The zero-order valence-corrected chi connectivity index (χ0v) is 11.7. The van der Waals surface area contributed by atoms with Crippen molar-refractivity contribution in [2.45, 2.75) is 24.3 Å². The molecule has 0 aliphatic heterocycles. The number of nitrogens with zero attached hydrogens (tertiary/aromatic N) is 2. The zero-order chi connectivity index (χ0) is 13.0. The molecule has 1 unspecified atom stereocenters. The molecule has 1 atom stereocenters. The Balaban J connectivity index is 1.90. The number of imidazole rings is 1. The van der Waals surface area contributed by atoms with Crippen molar-refractivity contribution in [3.05, 3.63) is 48.0 Å². The summed E-state index contributed by atoms with van der Waals surface area (Å²) in [6, 6.07) is 8.55. The van der Waals surface area contributed by atoms with Gasteiger partial charge in [0.25, 0.3) is 0 Å². The molecule has 2 N–H and O–H groups in total. The summed E-state index contributed by atoms with van der Waals surface area (Å²) in [5.41, 5.74) is 7.08. The molecule has 2 aromatic rings. The Kier molecular flexibility index (Phi) is 4.44. The summed E-state index contributed by atoms with van der Waals surface area (Å²) in [5, 5.41) is 0. The predicted octanol–water partition coefficient (Wildman–Crippen LogP) is 2.77. The quantitative estimate of drug-likeness (QED) is 0.842. The molecule has 0 aliphatic rings. The first-order valence-corrected chi connectivity index (χ1v) is 7.10. The van der Waals surface area contributed by atoms with Crippen LogP contribution in [-0.2, 0) is 13.5 Å². The maximum Gasteiger partial charge on any atom is 0.109 e. The molecule has 1 aromatic heterocycles. The molecule has 0 radical (unpaired) electrons. The minimum Gasteiger partial charge on any atom is -0.338 e. The summed E-state index contributed by atoms with van der Waals surface area (Å²) in [6.07, 6.45) is 4.81. The van der Waals surface area contributed by atoms with Gasteiger partial charge in [-0.15, -0.1) is 11.8 Å². The Labute approximate surface area is 112 Å². The lowest BCUT2D eigenvalue weighted by Crippen LogP contribution is -2.04. The molecule has 0 bridgehead atoms. The topological polar surface area (TPSA) is 43.8 Å². The van der Waals surface area contributed by atoms with E-state index in [-0.39, 0.29) is 6.04 Å². The lowest BCUT2D eigenvalue weighted by Gasteiger charge is -2.08. The molecule has 0 fully saturated rings. The van der Waals surface area contributed by atoms with Crippen LogP contribution in [0, 0.1) is 0 Å². The van der Waals surface area contributed by atoms with Crippen molar-refractivity contribution >= 4 is 11.8 Å². The molecule has 2 rings (SSSR count). The maximum atomic E-state index is 5.89. The van der Waals surface area contributed by atoms with Gasteiger partial charge < -0.3 is 10.3 Å². The summed E-state index contributed by atoms with van der Waals surface area (Å²) in [5.74, 6) is 2.17. The van der Waals surface area contributed by atoms with Gasteiger partial charge in [0.1, 0.15) is 5.82 Å². The smallest absolute Gasteiger partial charge is 0.109 e. The molecular weight excluding hydrogens is 242 g/mol. The number of aromatic nitrogens is 2. The van der Waals surface area contributed by atoms with E-state index in [1.807, 2.05) is 38.1 Å². The number of nitrogens with two attached hydrogens (primary N) is 1. The van der Waals surface area contributed by atoms with Crippen LogP contribution in [0.5, 0.6) is 0 Å². The van der Waals surface area contributed by atoms with Gasteiger partial charge in [-0.05, 0) is 24.6 Å². The van der Waals surface area contributed by atoms with Crippen LogP contribution >= 0.6 is 11.8 Å². The highest BCUT2D eigenvalue weighted by molar-refractivity contribution is 7.99. The van der Waals surface area contributed by atoms with E-state index in [0.29, 0.717) is 0 Å². The van der Waals surface area contributed by atoms with Crippen LogP contribution in [0.1, 0.15) is 24.4 Å². The second-order valence-corrected chi connectivity index (χ2v) is 5.58. The number of thioether (sulfide) groups is 1. The van der Waals surface area contributed by atoms with Gasteiger partial charge in [-0.2, -0.15) is 0 Å². The number of aryl methyl sites for hydroxylation is 2. The van der Waals surface area contributed by atoms with E-state index < -0.39 is 0 Å². The van der Waals surface area contributed by atoms with E-state index in [2.05, 4.69) is 33.8 Å². The van der Waals surface area contributed by atoms with Gasteiger partial charge in [-0.3, -0.25) is 0 Å². The van der Waals surface area contributed by atoms with Gasteiger partial charge in [-0.25, -0.2) is 4.98 Å². The van der Waals surface area contributed by atoms with Crippen LogP contribution < -0.4 is 5.73 Å². The highest BCUT2D eigenvalue weighted by Gasteiger charge is 2.03. The largest absolute Gasteiger partial charge is 0.338 e. The van der Waals surface area contributed by atoms with Gasteiger partial charge >= 0.3 is 0 Å². The minimum atomic E-state index is 0.0973. The normalized spacial score (nSPS) is 12.6. The highest BCUT2D eigenvalue weighted by Crippen LogP contribution is 2.22. The summed E-state index contributed by atoms with van der Waals surface area (Å²) in [6.45, 7) is 2.01. The summed E-state index contributed by atoms with van der Waals surface area (Å²) in [7, 11) is 2.03. The van der Waals surface area contributed by atoms with Gasteiger partial charge in [0.15, 0.2) is 0 Å². The molecular formula is C14H19N3S. The fourth-order valence-corrected chi connectivity index (χ4v) is 2.70. The minimum absolute atomic E-state index is 0.0973. The second-order valence-electron chi connectivity index (χ2n) is 4.41. The van der Waals surface area contributed by atoms with Crippen LogP contribution in [0.3, 0.4) is 0 Å². The van der Waals surface area contributed by atoms with Gasteiger partial charge in [0.05, 0.1) is 0 Å². The van der Waals surface area contributed by atoms with E-state index in [4.69, 9.17) is 5.73 Å². The number of hydrogen-bond acceptors (Lipinski definition) is 3. The first kappa shape index (κ1) is 13.2. The lowest BCUT2D eigenvalue weighted by molar-refractivity contribution is 0.810. The standard InChI is InChI=1S/C14H19N3S/c1-11(15)12-4-3-5-13(10-12)18-9-6-14-16-7-8-17(14)2/h3-5,7-8,10-11H,6,9,15H2,1-2H3. The Bertz CT molecular complexity index is 505. The van der Waals surface area contributed by atoms with Gasteiger partial charge in [-0.1, -0.05) is 12.1 Å². The van der Waals surface area contributed by atoms with Crippen molar-refractivity contribution in [3.63, 3.8) is 0 Å². The third kappa shape index (κ3) is 3.37. The number of benzene rings is 1. The zero-order valence-electron chi connectivity index (χ0n) is 10.8. The van der Waals surface area contributed by atoms with E-state index >= 15 is 0 Å². The molecule has 1 heterocycles. The SMILES string of the molecule is CC(N)c1cccc(SCCc2nccn2C)c1. The molecule has 0 saturated heterocycles. The molecule has 0 spiro atoms. The third-order valence-electron chi connectivity index (χ3n) is 2.90. The van der Waals surface area contributed by atoms with E-state index in [9.17, 15) is 0 Å². The van der Waals surface area contributed by atoms with Crippen LogP contribution in [0.4, 0.5) is 0 Å². The average molecular weight is 261 g/mol.